The van der Waals surface area contributed by atoms with Crippen LogP contribution in [0, 0.1) is 0 Å². The van der Waals surface area contributed by atoms with Crippen LogP contribution in [-0.2, 0) is 11.3 Å². The van der Waals surface area contributed by atoms with Crippen LogP contribution in [0.15, 0.2) is 24.3 Å². The molecule has 1 aromatic rings. The second kappa shape index (κ2) is 5.93. The fraction of sp³-hybridized carbons (Fsp3) is 0.667. The fourth-order valence-electron chi connectivity index (χ4n) is 1.90. The largest absolute Gasteiger partial charge is 0.374 e. The van der Waals surface area contributed by atoms with Crippen LogP contribution in [0.2, 0.25) is 0 Å². The summed E-state index contributed by atoms with van der Waals surface area (Å²) in [6.45, 7) is 8.84. The van der Waals surface area contributed by atoms with Gasteiger partial charge in [0, 0.05) is 19.6 Å². The molecule has 0 N–H and O–H groups in total. The number of morpholine rings is 1. The van der Waals surface area contributed by atoms with Gasteiger partial charge in [0.05, 0.1) is 19.3 Å². The predicted octanol–water partition coefficient (Wildman–Crippen LogP) is 0.945. The Labute approximate surface area is 102 Å². The topological polar surface area (TPSA) is 43.2 Å². The maximum absolute atomic E-state index is 5.74. The molecule has 1 saturated heterocycles. The van der Waals surface area contributed by atoms with Gasteiger partial charge in [-0.2, -0.15) is 5.10 Å². The molecule has 5 heteroatoms. The van der Waals surface area contributed by atoms with E-state index in [2.05, 4.69) is 34.9 Å². The van der Waals surface area contributed by atoms with Crippen molar-refractivity contribution in [3.63, 3.8) is 0 Å². The normalized spacial score (nSPS) is 21.4. The van der Waals surface area contributed by atoms with Crippen LogP contribution < -0.4 is 0 Å². The van der Waals surface area contributed by atoms with E-state index in [1.165, 1.54) is 5.57 Å². The van der Waals surface area contributed by atoms with Gasteiger partial charge in [0.15, 0.2) is 0 Å². The van der Waals surface area contributed by atoms with Gasteiger partial charge in [0.25, 0.3) is 0 Å². The smallest absolute Gasteiger partial charge is 0.137 e. The van der Waals surface area contributed by atoms with Crippen LogP contribution in [0.1, 0.15) is 13.8 Å². The Morgan fingerprint density at radius 3 is 3.12 bits per heavy atom. The molecule has 0 saturated carbocycles. The first kappa shape index (κ1) is 12.3. The van der Waals surface area contributed by atoms with Gasteiger partial charge in [0.2, 0.25) is 0 Å². The first-order valence-electron chi connectivity index (χ1n) is 6.04. The summed E-state index contributed by atoms with van der Waals surface area (Å²) in [6, 6.07) is 0. The van der Waals surface area contributed by atoms with Gasteiger partial charge >= 0.3 is 0 Å². The van der Waals surface area contributed by atoms with Crippen LogP contribution in [-0.4, -0.2) is 52.0 Å². The summed E-state index contributed by atoms with van der Waals surface area (Å²) in [4.78, 5) is 6.35. The molecule has 0 amide bonds. The quantitative estimate of drug-likeness (QED) is 0.730. The number of nitrogens with zero attached hydrogens (tertiary/aromatic N) is 4. The highest BCUT2D eigenvalue weighted by atomic mass is 16.5. The summed E-state index contributed by atoms with van der Waals surface area (Å²) in [6.07, 6.45) is 5.77. The van der Waals surface area contributed by atoms with Gasteiger partial charge in [-0.25, -0.2) is 4.98 Å². The van der Waals surface area contributed by atoms with Gasteiger partial charge in [-0.15, -0.1) is 0 Å². The Hall–Kier alpha value is -1.20. The fourth-order valence-corrected chi connectivity index (χ4v) is 1.90. The van der Waals surface area contributed by atoms with Crippen molar-refractivity contribution in [2.45, 2.75) is 26.5 Å². The van der Waals surface area contributed by atoms with E-state index in [-0.39, 0.29) is 6.10 Å². The summed E-state index contributed by atoms with van der Waals surface area (Å²) in [5.74, 6) is 0. The lowest BCUT2D eigenvalue weighted by Crippen LogP contribution is -2.44. The second-order valence-corrected chi connectivity index (χ2v) is 4.65. The van der Waals surface area contributed by atoms with Crippen LogP contribution in [0.25, 0.3) is 0 Å². The Morgan fingerprint density at radius 2 is 2.41 bits per heavy atom. The molecule has 0 aliphatic carbocycles. The summed E-state index contributed by atoms with van der Waals surface area (Å²) in [5.41, 5.74) is 1.37. The third-order valence-electron chi connectivity index (χ3n) is 2.84. The van der Waals surface area contributed by atoms with Crippen molar-refractivity contribution >= 4 is 0 Å². The van der Waals surface area contributed by atoms with Crippen LogP contribution in [0.4, 0.5) is 0 Å². The Balaban J connectivity index is 1.82. The average Bonchev–Trinajstić information content (AvgIpc) is 2.80. The van der Waals surface area contributed by atoms with Gasteiger partial charge in [-0.3, -0.25) is 9.58 Å². The van der Waals surface area contributed by atoms with E-state index < -0.39 is 0 Å². The van der Waals surface area contributed by atoms with Gasteiger partial charge < -0.3 is 4.74 Å². The van der Waals surface area contributed by atoms with Crippen LogP contribution in [0.3, 0.4) is 0 Å². The third-order valence-corrected chi connectivity index (χ3v) is 2.84. The molecule has 5 nitrogen and oxygen atoms in total. The molecule has 2 heterocycles. The third kappa shape index (κ3) is 3.94. The molecular formula is C12H20N4O. The molecule has 1 fully saturated rings. The molecule has 1 aliphatic rings. The Morgan fingerprint density at radius 1 is 1.53 bits per heavy atom. The Kier molecular flexibility index (Phi) is 4.28. The van der Waals surface area contributed by atoms with Crippen molar-refractivity contribution in [1.29, 1.82) is 0 Å². The first-order chi connectivity index (χ1) is 8.24. The van der Waals surface area contributed by atoms with E-state index >= 15 is 0 Å². The van der Waals surface area contributed by atoms with Crippen molar-refractivity contribution < 1.29 is 4.74 Å². The van der Waals surface area contributed by atoms with E-state index in [1.807, 2.05) is 4.68 Å². The van der Waals surface area contributed by atoms with Crippen molar-refractivity contribution in [3.05, 3.63) is 24.3 Å². The maximum Gasteiger partial charge on any atom is 0.137 e. The molecule has 0 unspecified atom stereocenters. The molecule has 1 aliphatic heterocycles. The molecule has 2 rings (SSSR count). The highest BCUT2D eigenvalue weighted by Gasteiger charge is 2.20. The molecule has 94 valence electrons. The maximum atomic E-state index is 5.74. The van der Waals surface area contributed by atoms with E-state index in [4.69, 9.17) is 4.74 Å². The van der Waals surface area contributed by atoms with E-state index in [1.54, 1.807) is 12.7 Å². The van der Waals surface area contributed by atoms with Crippen LogP contribution >= 0.6 is 0 Å². The SMILES string of the molecule is CC(C)=CCN1CCO[C@H](Cn2cncn2)C1. The van der Waals surface area contributed by atoms with E-state index in [9.17, 15) is 0 Å². The summed E-state index contributed by atoms with van der Waals surface area (Å²) < 4.78 is 7.57. The lowest BCUT2D eigenvalue weighted by Gasteiger charge is -2.32. The standard InChI is InChI=1S/C12H20N4O/c1-11(2)3-4-15-5-6-17-12(7-15)8-16-10-13-9-14-16/h3,9-10,12H,4-8H2,1-2H3/t12-/m0/s1. The van der Waals surface area contributed by atoms with Crippen molar-refractivity contribution in [3.8, 4) is 0 Å². The van der Waals surface area contributed by atoms with E-state index in [0.29, 0.717) is 0 Å². The number of hydrogen-bond donors (Lipinski definition) is 0. The van der Waals surface area contributed by atoms with E-state index in [0.717, 1.165) is 32.8 Å². The second-order valence-electron chi connectivity index (χ2n) is 4.65. The van der Waals surface area contributed by atoms with Crippen molar-refractivity contribution in [2.75, 3.05) is 26.2 Å². The molecule has 0 spiro atoms. The molecular weight excluding hydrogens is 216 g/mol. The van der Waals surface area contributed by atoms with Gasteiger partial charge in [-0.1, -0.05) is 11.6 Å². The number of hydrogen-bond acceptors (Lipinski definition) is 4. The zero-order valence-electron chi connectivity index (χ0n) is 10.5. The highest BCUT2D eigenvalue weighted by molar-refractivity contribution is 4.95. The van der Waals surface area contributed by atoms with Crippen LogP contribution in [0.5, 0.6) is 0 Å². The molecule has 17 heavy (non-hydrogen) atoms. The number of rotatable bonds is 4. The molecule has 0 bridgehead atoms. The predicted molar refractivity (Wildman–Crippen MR) is 65.6 cm³/mol. The summed E-state index contributed by atoms with van der Waals surface area (Å²) in [5, 5.41) is 4.10. The summed E-state index contributed by atoms with van der Waals surface area (Å²) in [7, 11) is 0. The minimum absolute atomic E-state index is 0.219. The lowest BCUT2D eigenvalue weighted by molar-refractivity contribution is -0.0339. The zero-order valence-corrected chi connectivity index (χ0v) is 10.5. The zero-order chi connectivity index (χ0) is 12.1. The minimum atomic E-state index is 0.219. The first-order valence-corrected chi connectivity index (χ1v) is 6.04. The minimum Gasteiger partial charge on any atom is -0.374 e. The number of aromatic nitrogens is 3. The average molecular weight is 236 g/mol. The van der Waals surface area contributed by atoms with Gasteiger partial charge in [-0.05, 0) is 13.8 Å². The monoisotopic (exact) mass is 236 g/mol. The number of ether oxygens (including phenoxy) is 1. The number of allylic oxidation sites excluding steroid dienone is 1. The summed E-state index contributed by atoms with van der Waals surface area (Å²) >= 11 is 0. The molecule has 0 radical (unpaired) electrons. The van der Waals surface area contributed by atoms with Crippen molar-refractivity contribution in [1.82, 2.24) is 19.7 Å². The molecule has 0 aromatic carbocycles. The van der Waals surface area contributed by atoms with Crippen molar-refractivity contribution in [2.24, 2.45) is 0 Å². The highest BCUT2D eigenvalue weighted by Crippen LogP contribution is 2.07. The Bertz CT molecular complexity index is 357. The van der Waals surface area contributed by atoms with Gasteiger partial charge in [0.1, 0.15) is 12.7 Å². The molecule has 1 aromatic heterocycles. The molecule has 1 atom stereocenters. The lowest BCUT2D eigenvalue weighted by atomic mass is 10.2.